The van der Waals surface area contributed by atoms with E-state index in [4.69, 9.17) is 26.6 Å². The number of aliphatic hydroxyl groups is 1. The number of hydrogen-bond acceptors (Lipinski definition) is 3. The van der Waals surface area contributed by atoms with Crippen molar-refractivity contribution in [3.8, 4) is 0 Å². The lowest BCUT2D eigenvalue weighted by atomic mass is 10.1. The van der Waals surface area contributed by atoms with E-state index in [0.717, 1.165) is 0 Å². The molecule has 0 aliphatic rings. The predicted octanol–water partition coefficient (Wildman–Crippen LogP) is 2.24. The minimum atomic E-state index is -1.14. The third-order valence-corrected chi connectivity index (χ3v) is 2.80. The van der Waals surface area contributed by atoms with E-state index in [0.29, 0.717) is 15.1 Å². The number of hydrogen-bond donors (Lipinski definition) is 2. The number of aliphatic hydroxyl groups excluding tert-OH is 1. The number of carbonyl (C=O) groups is 1. The third-order valence-electron chi connectivity index (χ3n) is 1.84. The van der Waals surface area contributed by atoms with Crippen molar-refractivity contribution in [3.63, 3.8) is 0 Å². The second-order valence-corrected chi connectivity index (χ2v) is 4.27. The van der Waals surface area contributed by atoms with E-state index in [2.05, 4.69) is 15.9 Å². The summed E-state index contributed by atoms with van der Waals surface area (Å²) in [6.45, 7) is -0.280. The van der Waals surface area contributed by atoms with Crippen LogP contribution < -0.4 is 0 Å². The Hall–Kier alpha value is -0.620. The van der Waals surface area contributed by atoms with Gasteiger partial charge in [0.25, 0.3) is 0 Å². The molecule has 0 bridgehead atoms. The molecule has 16 heavy (non-hydrogen) atoms. The van der Waals surface area contributed by atoms with Crippen LogP contribution in [0.25, 0.3) is 0 Å². The van der Waals surface area contributed by atoms with Gasteiger partial charge in [-0.1, -0.05) is 27.5 Å². The summed E-state index contributed by atoms with van der Waals surface area (Å²) in [6.07, 6.45) is -1.14. The zero-order valence-electron chi connectivity index (χ0n) is 8.19. The van der Waals surface area contributed by atoms with Crippen LogP contribution in [0.2, 0.25) is 5.02 Å². The quantitative estimate of drug-likeness (QED) is 0.875. The lowest BCUT2D eigenvalue weighted by Gasteiger charge is -2.15. The summed E-state index contributed by atoms with van der Waals surface area (Å²) in [5.41, 5.74) is 0.424. The number of aliphatic carboxylic acids is 1. The molecule has 1 rings (SSSR count). The van der Waals surface area contributed by atoms with E-state index in [1.165, 1.54) is 6.07 Å². The van der Waals surface area contributed by atoms with Gasteiger partial charge in [-0.05, 0) is 18.2 Å². The average molecular weight is 310 g/mol. The lowest BCUT2D eigenvalue weighted by Crippen LogP contribution is -2.17. The van der Waals surface area contributed by atoms with Gasteiger partial charge in [-0.15, -0.1) is 0 Å². The normalized spacial score (nSPS) is 12.4. The molecule has 88 valence electrons. The first kappa shape index (κ1) is 13.4. The zero-order valence-corrected chi connectivity index (χ0v) is 10.5. The average Bonchev–Trinajstić information content (AvgIpc) is 2.23. The summed E-state index contributed by atoms with van der Waals surface area (Å²) in [7, 11) is 0. The van der Waals surface area contributed by atoms with Gasteiger partial charge in [0.15, 0.2) is 6.10 Å². The SMILES string of the molecule is O=C(O)C(OCCO)c1cc(Cl)ccc1Br. The summed E-state index contributed by atoms with van der Waals surface area (Å²) in [4.78, 5) is 11.0. The van der Waals surface area contributed by atoms with E-state index in [-0.39, 0.29) is 13.2 Å². The Morgan fingerprint density at radius 3 is 2.81 bits per heavy atom. The first-order valence-electron chi connectivity index (χ1n) is 4.46. The Morgan fingerprint density at radius 1 is 1.56 bits per heavy atom. The molecule has 1 aromatic carbocycles. The van der Waals surface area contributed by atoms with Crippen molar-refractivity contribution >= 4 is 33.5 Å². The van der Waals surface area contributed by atoms with Gasteiger partial charge < -0.3 is 14.9 Å². The summed E-state index contributed by atoms with van der Waals surface area (Å²) < 4.78 is 5.64. The van der Waals surface area contributed by atoms with E-state index in [1.807, 2.05) is 0 Å². The molecular formula is C10H10BrClO4. The highest BCUT2D eigenvalue weighted by Crippen LogP contribution is 2.29. The summed E-state index contributed by atoms with van der Waals surface area (Å²) >= 11 is 9.01. The van der Waals surface area contributed by atoms with Crippen LogP contribution in [-0.4, -0.2) is 29.4 Å². The minimum absolute atomic E-state index is 0.0457. The highest BCUT2D eigenvalue weighted by molar-refractivity contribution is 9.10. The van der Waals surface area contributed by atoms with Crippen LogP contribution in [0.3, 0.4) is 0 Å². The molecule has 1 unspecified atom stereocenters. The molecule has 0 radical (unpaired) electrons. The van der Waals surface area contributed by atoms with E-state index in [1.54, 1.807) is 12.1 Å². The van der Waals surface area contributed by atoms with Gasteiger partial charge >= 0.3 is 5.97 Å². The molecule has 0 aliphatic carbocycles. The van der Waals surface area contributed by atoms with Crippen molar-refractivity contribution in [3.05, 3.63) is 33.3 Å². The smallest absolute Gasteiger partial charge is 0.337 e. The minimum Gasteiger partial charge on any atom is -0.479 e. The number of rotatable bonds is 5. The number of halogens is 2. The Balaban J connectivity index is 3.00. The van der Waals surface area contributed by atoms with Crippen molar-refractivity contribution in [2.45, 2.75) is 6.10 Å². The molecule has 1 atom stereocenters. The Kier molecular flexibility index (Phi) is 5.21. The molecule has 0 heterocycles. The molecule has 0 saturated heterocycles. The van der Waals surface area contributed by atoms with Crippen LogP contribution in [0.1, 0.15) is 11.7 Å². The molecule has 0 aromatic heterocycles. The van der Waals surface area contributed by atoms with Gasteiger partial charge in [-0.2, -0.15) is 0 Å². The van der Waals surface area contributed by atoms with Gasteiger partial charge in [0.2, 0.25) is 0 Å². The third kappa shape index (κ3) is 3.45. The molecule has 0 aliphatic heterocycles. The fraction of sp³-hybridized carbons (Fsp3) is 0.300. The molecule has 0 fully saturated rings. The van der Waals surface area contributed by atoms with Crippen molar-refractivity contribution in [1.82, 2.24) is 0 Å². The Labute approximate surface area is 106 Å². The van der Waals surface area contributed by atoms with Crippen LogP contribution in [0.5, 0.6) is 0 Å². The fourth-order valence-corrected chi connectivity index (χ4v) is 1.82. The van der Waals surface area contributed by atoms with E-state index in [9.17, 15) is 4.79 Å². The maximum atomic E-state index is 11.0. The number of benzene rings is 1. The van der Waals surface area contributed by atoms with Crippen LogP contribution in [0.15, 0.2) is 22.7 Å². The zero-order chi connectivity index (χ0) is 12.1. The van der Waals surface area contributed by atoms with Crippen LogP contribution >= 0.6 is 27.5 Å². The highest BCUT2D eigenvalue weighted by Gasteiger charge is 2.23. The van der Waals surface area contributed by atoms with Crippen LogP contribution in [0, 0.1) is 0 Å². The monoisotopic (exact) mass is 308 g/mol. The molecule has 0 saturated carbocycles. The number of carboxylic acid groups (broad SMARTS) is 1. The standard InChI is InChI=1S/C10H10BrClO4/c11-8-2-1-6(12)5-7(8)9(10(14)15)16-4-3-13/h1-2,5,9,13H,3-4H2,(H,14,15). The first-order chi connectivity index (χ1) is 7.56. The van der Waals surface area contributed by atoms with E-state index >= 15 is 0 Å². The topological polar surface area (TPSA) is 66.8 Å². The predicted molar refractivity (Wildman–Crippen MR) is 62.6 cm³/mol. The highest BCUT2D eigenvalue weighted by atomic mass is 79.9. The van der Waals surface area contributed by atoms with Crippen molar-refractivity contribution in [2.75, 3.05) is 13.2 Å². The molecular weight excluding hydrogens is 299 g/mol. The molecule has 1 aromatic rings. The summed E-state index contributed by atoms with van der Waals surface area (Å²) in [5.74, 6) is -1.13. The van der Waals surface area contributed by atoms with Gasteiger partial charge in [-0.25, -0.2) is 4.79 Å². The summed E-state index contributed by atoms with van der Waals surface area (Å²) in [6, 6.07) is 4.80. The largest absolute Gasteiger partial charge is 0.479 e. The van der Waals surface area contributed by atoms with Crippen LogP contribution in [0.4, 0.5) is 0 Å². The second kappa shape index (κ2) is 6.20. The molecule has 0 spiro atoms. The molecule has 6 heteroatoms. The van der Waals surface area contributed by atoms with Gasteiger partial charge in [0.1, 0.15) is 0 Å². The number of carboxylic acids is 1. The van der Waals surface area contributed by atoms with Crippen molar-refractivity contribution in [2.24, 2.45) is 0 Å². The Bertz CT molecular complexity index is 383. The first-order valence-corrected chi connectivity index (χ1v) is 5.63. The Morgan fingerprint density at radius 2 is 2.25 bits per heavy atom. The molecule has 4 nitrogen and oxygen atoms in total. The van der Waals surface area contributed by atoms with Crippen LogP contribution in [-0.2, 0) is 9.53 Å². The van der Waals surface area contributed by atoms with E-state index < -0.39 is 12.1 Å². The summed E-state index contributed by atoms with van der Waals surface area (Å²) in [5, 5.41) is 18.0. The van der Waals surface area contributed by atoms with Gasteiger partial charge in [0.05, 0.1) is 13.2 Å². The van der Waals surface area contributed by atoms with Gasteiger partial charge in [0, 0.05) is 15.1 Å². The second-order valence-electron chi connectivity index (χ2n) is 2.98. The van der Waals surface area contributed by atoms with Crippen molar-refractivity contribution < 1.29 is 19.7 Å². The number of ether oxygens (including phenoxy) is 1. The lowest BCUT2D eigenvalue weighted by molar-refractivity contribution is -0.151. The molecule has 2 N–H and O–H groups in total. The maximum absolute atomic E-state index is 11.0. The van der Waals surface area contributed by atoms with Crippen molar-refractivity contribution in [1.29, 1.82) is 0 Å². The maximum Gasteiger partial charge on any atom is 0.337 e. The molecule has 0 amide bonds. The van der Waals surface area contributed by atoms with Gasteiger partial charge in [-0.3, -0.25) is 0 Å². The fourth-order valence-electron chi connectivity index (χ4n) is 1.18.